The first kappa shape index (κ1) is 9.94. The van der Waals surface area contributed by atoms with Crippen LogP contribution in [0, 0.1) is 0 Å². The second-order valence-electron chi connectivity index (χ2n) is 1.86. The van der Waals surface area contributed by atoms with Gasteiger partial charge < -0.3 is 4.70 Å². The molecule has 0 atom stereocenters. The fourth-order valence-electron chi connectivity index (χ4n) is 0.627. The lowest BCUT2D eigenvalue weighted by molar-refractivity contribution is -0.137. The van der Waals surface area contributed by atoms with Crippen LogP contribution in [0.25, 0.3) is 0 Å². The summed E-state index contributed by atoms with van der Waals surface area (Å²) < 4.78 is 35.4. The molecular formula is C7H5F4-. The summed E-state index contributed by atoms with van der Waals surface area (Å²) in [6, 6.07) is 6.36. The van der Waals surface area contributed by atoms with Crippen LogP contribution < -0.4 is 4.70 Å². The van der Waals surface area contributed by atoms with Crippen LogP contribution in [0.1, 0.15) is 5.56 Å². The Hall–Kier alpha value is -1.06. The molecular weight excluding hydrogens is 160 g/mol. The molecule has 1 rings (SSSR count). The van der Waals surface area contributed by atoms with Gasteiger partial charge in [0.05, 0.1) is 5.56 Å². The molecule has 0 aliphatic carbocycles. The van der Waals surface area contributed by atoms with Gasteiger partial charge in [-0.25, -0.2) is 0 Å². The number of rotatable bonds is 0. The molecule has 0 radical (unpaired) electrons. The molecule has 0 N–H and O–H groups in total. The summed E-state index contributed by atoms with van der Waals surface area (Å²) >= 11 is 0. The van der Waals surface area contributed by atoms with Crippen molar-refractivity contribution in [2.45, 2.75) is 6.18 Å². The van der Waals surface area contributed by atoms with Crippen molar-refractivity contribution in [2.75, 3.05) is 0 Å². The van der Waals surface area contributed by atoms with Gasteiger partial charge in [0.1, 0.15) is 0 Å². The van der Waals surface area contributed by atoms with E-state index >= 15 is 0 Å². The first-order valence-electron chi connectivity index (χ1n) is 2.73. The lowest BCUT2D eigenvalue weighted by atomic mass is 10.2. The van der Waals surface area contributed by atoms with Crippen LogP contribution in [-0.4, -0.2) is 0 Å². The van der Waals surface area contributed by atoms with Crippen molar-refractivity contribution in [3.63, 3.8) is 0 Å². The number of halogens is 4. The zero-order valence-corrected chi connectivity index (χ0v) is 5.40. The molecule has 0 aliphatic rings. The van der Waals surface area contributed by atoms with Crippen molar-refractivity contribution in [3.05, 3.63) is 35.9 Å². The monoisotopic (exact) mass is 165 g/mol. The van der Waals surface area contributed by atoms with Gasteiger partial charge in [0, 0.05) is 0 Å². The Morgan fingerprint density at radius 1 is 0.909 bits per heavy atom. The van der Waals surface area contributed by atoms with Crippen LogP contribution in [-0.2, 0) is 6.18 Å². The van der Waals surface area contributed by atoms with Gasteiger partial charge in [-0.2, -0.15) is 13.2 Å². The Balaban J connectivity index is 0.000001000. The lowest BCUT2D eigenvalue weighted by Gasteiger charge is -2.03. The van der Waals surface area contributed by atoms with Gasteiger partial charge in [0.25, 0.3) is 0 Å². The molecule has 0 aliphatic heterocycles. The second kappa shape index (κ2) is 3.37. The van der Waals surface area contributed by atoms with Gasteiger partial charge in [0.2, 0.25) is 0 Å². The van der Waals surface area contributed by atoms with Crippen molar-refractivity contribution in [1.82, 2.24) is 0 Å². The molecule has 1 aromatic carbocycles. The van der Waals surface area contributed by atoms with Crippen molar-refractivity contribution in [2.24, 2.45) is 0 Å². The average Bonchev–Trinajstić information content (AvgIpc) is 1.88. The summed E-state index contributed by atoms with van der Waals surface area (Å²) in [4.78, 5) is 0. The molecule has 0 amide bonds. The van der Waals surface area contributed by atoms with Gasteiger partial charge in [-0.15, -0.1) is 0 Å². The van der Waals surface area contributed by atoms with E-state index in [2.05, 4.69) is 0 Å². The molecule has 0 spiro atoms. The third-order valence-electron chi connectivity index (χ3n) is 1.10. The normalized spacial score (nSPS) is 10.5. The maximum Gasteiger partial charge on any atom is 0.416 e. The SMILES string of the molecule is FC(F)(F)c1ccccc1.[F-]. The van der Waals surface area contributed by atoms with Gasteiger partial charge in [-0.05, 0) is 0 Å². The Kier molecular flexibility index (Phi) is 3.04. The Morgan fingerprint density at radius 3 is 1.64 bits per heavy atom. The molecule has 1 aromatic rings. The molecule has 0 saturated heterocycles. The van der Waals surface area contributed by atoms with E-state index in [1.165, 1.54) is 12.1 Å². The first-order valence-corrected chi connectivity index (χ1v) is 2.73. The predicted molar refractivity (Wildman–Crippen MR) is 31.4 cm³/mol. The van der Waals surface area contributed by atoms with Crippen LogP contribution in [0.2, 0.25) is 0 Å². The van der Waals surface area contributed by atoms with Crippen LogP contribution in [0.15, 0.2) is 30.3 Å². The highest BCUT2D eigenvalue weighted by Crippen LogP contribution is 2.28. The molecule has 0 nitrogen and oxygen atoms in total. The van der Waals surface area contributed by atoms with Gasteiger partial charge >= 0.3 is 6.18 Å². The predicted octanol–water partition coefficient (Wildman–Crippen LogP) is -0.291. The van der Waals surface area contributed by atoms with Crippen molar-refractivity contribution in [1.29, 1.82) is 0 Å². The van der Waals surface area contributed by atoms with E-state index in [0.29, 0.717) is 0 Å². The lowest BCUT2D eigenvalue weighted by Crippen LogP contribution is -3.00. The summed E-state index contributed by atoms with van der Waals surface area (Å²) in [5.74, 6) is 0. The van der Waals surface area contributed by atoms with E-state index in [1.807, 2.05) is 0 Å². The summed E-state index contributed by atoms with van der Waals surface area (Å²) in [6.07, 6.45) is -4.21. The standard InChI is InChI=1S/C7H5F3.FH/c8-7(9,10)6-4-2-1-3-5-6;/h1-5H;1H/p-1. The van der Waals surface area contributed by atoms with Gasteiger partial charge in [-0.1, -0.05) is 30.3 Å². The van der Waals surface area contributed by atoms with Crippen LogP contribution in [0.5, 0.6) is 0 Å². The quantitative estimate of drug-likeness (QED) is 0.463. The highest BCUT2D eigenvalue weighted by Gasteiger charge is 2.29. The molecule has 0 fully saturated rings. The third-order valence-corrected chi connectivity index (χ3v) is 1.10. The minimum absolute atomic E-state index is 0. The van der Waals surface area contributed by atoms with Crippen molar-refractivity contribution >= 4 is 0 Å². The highest BCUT2D eigenvalue weighted by atomic mass is 19.4. The number of alkyl halides is 3. The summed E-state index contributed by atoms with van der Waals surface area (Å²) in [7, 11) is 0. The molecule has 0 aromatic heterocycles. The summed E-state index contributed by atoms with van der Waals surface area (Å²) in [5.41, 5.74) is -0.602. The summed E-state index contributed by atoms with van der Waals surface area (Å²) in [5, 5.41) is 0. The van der Waals surface area contributed by atoms with Crippen LogP contribution in [0.4, 0.5) is 13.2 Å². The van der Waals surface area contributed by atoms with E-state index in [-0.39, 0.29) is 4.70 Å². The molecule has 4 heteroatoms. The van der Waals surface area contributed by atoms with Crippen LogP contribution in [0.3, 0.4) is 0 Å². The first-order chi connectivity index (χ1) is 4.61. The molecule has 11 heavy (non-hydrogen) atoms. The largest absolute Gasteiger partial charge is 1.00 e. The van der Waals surface area contributed by atoms with E-state index in [4.69, 9.17) is 0 Å². The van der Waals surface area contributed by atoms with Gasteiger partial charge in [0.15, 0.2) is 0 Å². The van der Waals surface area contributed by atoms with Crippen LogP contribution >= 0.6 is 0 Å². The average molecular weight is 165 g/mol. The maximum atomic E-state index is 11.8. The minimum Gasteiger partial charge on any atom is -1.00 e. The molecule has 0 saturated carbocycles. The highest BCUT2D eigenvalue weighted by molar-refractivity contribution is 5.17. The fraction of sp³-hybridized carbons (Fsp3) is 0.143. The molecule has 0 bridgehead atoms. The van der Waals surface area contributed by atoms with E-state index in [9.17, 15) is 13.2 Å². The van der Waals surface area contributed by atoms with E-state index in [1.54, 1.807) is 6.07 Å². The molecule has 62 valence electrons. The van der Waals surface area contributed by atoms with Crippen molar-refractivity contribution < 1.29 is 17.9 Å². The molecule has 0 unspecified atom stereocenters. The fourth-order valence-corrected chi connectivity index (χ4v) is 0.627. The Morgan fingerprint density at radius 2 is 1.36 bits per heavy atom. The topological polar surface area (TPSA) is 0 Å². The maximum absolute atomic E-state index is 11.8. The second-order valence-corrected chi connectivity index (χ2v) is 1.86. The summed E-state index contributed by atoms with van der Waals surface area (Å²) in [6.45, 7) is 0. The van der Waals surface area contributed by atoms with E-state index < -0.39 is 11.7 Å². The van der Waals surface area contributed by atoms with Crippen molar-refractivity contribution in [3.8, 4) is 0 Å². The number of benzene rings is 1. The molecule has 0 heterocycles. The van der Waals surface area contributed by atoms with E-state index in [0.717, 1.165) is 12.1 Å². The van der Waals surface area contributed by atoms with Gasteiger partial charge in [-0.3, -0.25) is 0 Å². The Bertz CT molecular complexity index is 201. The third kappa shape index (κ3) is 2.57. The Labute approximate surface area is 61.0 Å². The number of hydrogen-bond acceptors (Lipinski definition) is 0. The number of hydrogen-bond donors (Lipinski definition) is 0. The smallest absolute Gasteiger partial charge is 0.416 e. The zero-order chi connectivity index (χ0) is 7.61. The minimum atomic E-state index is -4.21. The zero-order valence-electron chi connectivity index (χ0n) is 5.40.